The Balaban J connectivity index is 1.76. The predicted molar refractivity (Wildman–Crippen MR) is 132 cm³/mol. The number of nitrogens with zero attached hydrogens (tertiary/aromatic N) is 1. The van der Waals surface area contributed by atoms with Crippen molar-refractivity contribution in [3.05, 3.63) is 89.5 Å². The zero-order chi connectivity index (χ0) is 23.1. The van der Waals surface area contributed by atoms with Gasteiger partial charge in [-0.05, 0) is 56.7 Å². The Kier molecular flexibility index (Phi) is 7.99. The normalized spacial score (nSPS) is 11.2. The maximum Gasteiger partial charge on any atom is 0.264 e. The Labute approximate surface area is 194 Å². The number of benzene rings is 3. The molecule has 3 aromatic carbocycles. The molecule has 0 aliphatic rings. The Morgan fingerprint density at radius 3 is 2.22 bits per heavy atom. The smallest absolute Gasteiger partial charge is 0.264 e. The second-order valence-electron chi connectivity index (χ2n) is 7.63. The molecular weight excluding hydrogens is 440 g/mol. The van der Waals surface area contributed by atoms with Gasteiger partial charge >= 0.3 is 0 Å². The summed E-state index contributed by atoms with van der Waals surface area (Å²) in [6.45, 7) is 5.88. The highest BCUT2D eigenvalue weighted by molar-refractivity contribution is 7.99. The Hall–Kier alpha value is -2.77. The van der Waals surface area contributed by atoms with Gasteiger partial charge in [0.25, 0.3) is 10.0 Å². The quantitative estimate of drug-likeness (QED) is 0.365. The van der Waals surface area contributed by atoms with Gasteiger partial charge in [0.05, 0.1) is 10.6 Å². The lowest BCUT2D eigenvalue weighted by Crippen LogP contribution is -2.41. The molecule has 0 aliphatic heterocycles. The van der Waals surface area contributed by atoms with Crippen molar-refractivity contribution in [1.82, 2.24) is 5.32 Å². The van der Waals surface area contributed by atoms with E-state index in [0.29, 0.717) is 18.0 Å². The largest absolute Gasteiger partial charge is 0.354 e. The van der Waals surface area contributed by atoms with Crippen LogP contribution in [-0.4, -0.2) is 33.2 Å². The van der Waals surface area contributed by atoms with Crippen LogP contribution in [0.15, 0.2) is 82.6 Å². The Bertz CT molecular complexity index is 1160. The SMILES string of the molecule is Cc1ccc(S(=O)(=O)N(CC(=O)NCCSc2ccccc2)c2ccc(C)cc2C)cc1. The van der Waals surface area contributed by atoms with Crippen LogP contribution in [0.25, 0.3) is 0 Å². The summed E-state index contributed by atoms with van der Waals surface area (Å²) in [5.74, 6) is 0.360. The zero-order valence-corrected chi connectivity index (χ0v) is 20.2. The molecule has 0 bridgehead atoms. The molecule has 7 heteroatoms. The van der Waals surface area contributed by atoms with Crippen molar-refractivity contribution < 1.29 is 13.2 Å². The van der Waals surface area contributed by atoms with Crippen molar-refractivity contribution in [3.8, 4) is 0 Å². The lowest BCUT2D eigenvalue weighted by molar-refractivity contribution is -0.119. The van der Waals surface area contributed by atoms with Crippen LogP contribution in [0.1, 0.15) is 16.7 Å². The minimum absolute atomic E-state index is 0.163. The van der Waals surface area contributed by atoms with Gasteiger partial charge in [-0.3, -0.25) is 9.10 Å². The molecule has 0 radical (unpaired) electrons. The topological polar surface area (TPSA) is 66.5 Å². The van der Waals surface area contributed by atoms with Gasteiger partial charge in [-0.15, -0.1) is 11.8 Å². The minimum atomic E-state index is -3.91. The number of anilines is 1. The maximum absolute atomic E-state index is 13.5. The highest BCUT2D eigenvalue weighted by Gasteiger charge is 2.28. The van der Waals surface area contributed by atoms with Gasteiger partial charge < -0.3 is 5.32 Å². The molecule has 168 valence electrons. The van der Waals surface area contributed by atoms with Gasteiger partial charge in [0.1, 0.15) is 6.54 Å². The molecule has 0 saturated heterocycles. The first kappa shape index (κ1) is 23.9. The summed E-state index contributed by atoms with van der Waals surface area (Å²) in [5, 5.41) is 2.85. The fraction of sp³-hybridized carbons (Fsp3) is 0.240. The van der Waals surface area contributed by atoms with E-state index in [4.69, 9.17) is 0 Å². The van der Waals surface area contributed by atoms with E-state index in [2.05, 4.69) is 5.32 Å². The van der Waals surface area contributed by atoms with Crippen molar-refractivity contribution in [2.24, 2.45) is 0 Å². The van der Waals surface area contributed by atoms with Crippen molar-refractivity contribution in [2.45, 2.75) is 30.6 Å². The summed E-state index contributed by atoms with van der Waals surface area (Å²) < 4.78 is 28.1. The monoisotopic (exact) mass is 468 g/mol. The van der Waals surface area contributed by atoms with E-state index < -0.39 is 10.0 Å². The third kappa shape index (κ3) is 6.14. The van der Waals surface area contributed by atoms with E-state index in [1.54, 1.807) is 42.1 Å². The first-order valence-electron chi connectivity index (χ1n) is 10.4. The van der Waals surface area contributed by atoms with Crippen LogP contribution in [0.5, 0.6) is 0 Å². The Morgan fingerprint density at radius 1 is 0.906 bits per heavy atom. The van der Waals surface area contributed by atoms with Crippen molar-refractivity contribution in [1.29, 1.82) is 0 Å². The molecule has 32 heavy (non-hydrogen) atoms. The van der Waals surface area contributed by atoms with Crippen molar-refractivity contribution in [2.75, 3.05) is 23.1 Å². The number of rotatable bonds is 9. The summed E-state index contributed by atoms with van der Waals surface area (Å²) in [6, 6.07) is 22.1. The van der Waals surface area contributed by atoms with Gasteiger partial charge in [-0.2, -0.15) is 0 Å². The summed E-state index contributed by atoms with van der Waals surface area (Å²) in [7, 11) is -3.91. The van der Waals surface area contributed by atoms with Crippen LogP contribution in [0.2, 0.25) is 0 Å². The molecule has 0 saturated carbocycles. The van der Waals surface area contributed by atoms with Gasteiger partial charge in [0.15, 0.2) is 0 Å². The van der Waals surface area contributed by atoms with Crippen LogP contribution in [-0.2, 0) is 14.8 Å². The molecule has 1 amide bonds. The third-order valence-electron chi connectivity index (χ3n) is 4.95. The minimum Gasteiger partial charge on any atom is -0.354 e. The number of sulfonamides is 1. The van der Waals surface area contributed by atoms with Gasteiger partial charge in [-0.1, -0.05) is 53.6 Å². The maximum atomic E-state index is 13.5. The van der Waals surface area contributed by atoms with Crippen LogP contribution in [0, 0.1) is 20.8 Å². The van der Waals surface area contributed by atoms with Crippen LogP contribution >= 0.6 is 11.8 Å². The molecule has 3 rings (SSSR count). The van der Waals surface area contributed by atoms with Gasteiger partial charge in [0.2, 0.25) is 5.91 Å². The number of aryl methyl sites for hydroxylation is 3. The molecule has 0 aliphatic carbocycles. The second kappa shape index (κ2) is 10.7. The first-order valence-corrected chi connectivity index (χ1v) is 12.8. The number of carbonyl (C=O) groups excluding carboxylic acids is 1. The van der Waals surface area contributed by atoms with E-state index in [9.17, 15) is 13.2 Å². The fourth-order valence-corrected chi connectivity index (χ4v) is 5.56. The zero-order valence-electron chi connectivity index (χ0n) is 18.5. The standard InChI is InChI=1S/C25H28N2O3S2/c1-19-9-12-23(13-10-19)32(29,30)27(24-14-11-20(2)17-21(24)3)18-25(28)26-15-16-31-22-7-5-4-6-8-22/h4-14,17H,15-16,18H2,1-3H3,(H,26,28). The van der Waals surface area contributed by atoms with E-state index in [1.807, 2.05) is 63.2 Å². The van der Waals surface area contributed by atoms with Crippen molar-refractivity contribution in [3.63, 3.8) is 0 Å². The van der Waals surface area contributed by atoms with E-state index >= 15 is 0 Å². The van der Waals surface area contributed by atoms with E-state index in [0.717, 1.165) is 21.6 Å². The summed E-state index contributed by atoms with van der Waals surface area (Å²) >= 11 is 1.64. The Morgan fingerprint density at radius 2 is 1.56 bits per heavy atom. The molecule has 0 spiro atoms. The number of nitrogens with one attached hydrogen (secondary N) is 1. The molecule has 0 atom stereocenters. The lowest BCUT2D eigenvalue weighted by Gasteiger charge is -2.26. The van der Waals surface area contributed by atoms with Crippen LogP contribution < -0.4 is 9.62 Å². The molecule has 0 unspecified atom stereocenters. The summed E-state index contributed by atoms with van der Waals surface area (Å²) in [4.78, 5) is 14.0. The third-order valence-corrected chi connectivity index (χ3v) is 7.74. The number of hydrogen-bond donors (Lipinski definition) is 1. The van der Waals surface area contributed by atoms with Gasteiger partial charge in [-0.25, -0.2) is 8.42 Å². The fourth-order valence-electron chi connectivity index (χ4n) is 3.28. The molecule has 5 nitrogen and oxygen atoms in total. The average molecular weight is 469 g/mol. The highest BCUT2D eigenvalue weighted by atomic mass is 32.2. The van der Waals surface area contributed by atoms with Crippen LogP contribution in [0.3, 0.4) is 0 Å². The van der Waals surface area contributed by atoms with Gasteiger partial charge in [0, 0.05) is 17.2 Å². The highest BCUT2D eigenvalue weighted by Crippen LogP contribution is 2.27. The first-order chi connectivity index (χ1) is 15.3. The number of carbonyl (C=O) groups is 1. The molecule has 0 aromatic heterocycles. The number of amides is 1. The average Bonchev–Trinajstić information content (AvgIpc) is 2.76. The molecule has 0 heterocycles. The van der Waals surface area contributed by atoms with E-state index in [-0.39, 0.29) is 17.3 Å². The molecular formula is C25H28N2O3S2. The van der Waals surface area contributed by atoms with Crippen LogP contribution in [0.4, 0.5) is 5.69 Å². The van der Waals surface area contributed by atoms with E-state index in [1.165, 1.54) is 4.31 Å². The molecule has 3 aromatic rings. The number of hydrogen-bond acceptors (Lipinski definition) is 4. The number of thioether (sulfide) groups is 1. The second-order valence-corrected chi connectivity index (χ2v) is 10.7. The summed E-state index contributed by atoms with van der Waals surface area (Å²) in [5.41, 5.74) is 3.30. The molecule has 1 N–H and O–H groups in total. The van der Waals surface area contributed by atoms with Crippen molar-refractivity contribution >= 4 is 33.4 Å². The molecule has 0 fully saturated rings. The summed E-state index contributed by atoms with van der Waals surface area (Å²) in [6.07, 6.45) is 0. The predicted octanol–water partition coefficient (Wildman–Crippen LogP) is 4.72. The lowest BCUT2D eigenvalue weighted by atomic mass is 10.1.